The summed E-state index contributed by atoms with van der Waals surface area (Å²) in [5.41, 5.74) is 4.47. The van der Waals surface area contributed by atoms with Gasteiger partial charge in [0.1, 0.15) is 0 Å². The maximum absolute atomic E-state index is 4.49. The van der Waals surface area contributed by atoms with Crippen LogP contribution in [0.5, 0.6) is 0 Å². The number of aromatic nitrogens is 1. The van der Waals surface area contributed by atoms with Crippen molar-refractivity contribution >= 4 is 11.9 Å². The Hall–Kier alpha value is -2.61. The van der Waals surface area contributed by atoms with Crippen molar-refractivity contribution in [2.24, 2.45) is 4.99 Å². The summed E-state index contributed by atoms with van der Waals surface area (Å²) in [4.78, 5) is 4.49. The average molecular weight is 260 g/mol. The minimum Gasteiger partial charge on any atom is -0.323 e. The molecule has 1 aromatic heterocycles. The van der Waals surface area contributed by atoms with Crippen LogP contribution in [0, 0.1) is 6.92 Å². The van der Waals surface area contributed by atoms with Crippen molar-refractivity contribution in [1.82, 2.24) is 4.57 Å². The molecule has 0 amide bonds. The Morgan fingerprint density at radius 1 is 0.900 bits per heavy atom. The van der Waals surface area contributed by atoms with Crippen molar-refractivity contribution in [2.75, 3.05) is 0 Å². The summed E-state index contributed by atoms with van der Waals surface area (Å²) in [6.07, 6.45) is 6.02. The fourth-order valence-corrected chi connectivity index (χ4v) is 2.03. The van der Waals surface area contributed by atoms with Crippen molar-refractivity contribution in [1.29, 1.82) is 0 Å². The minimum absolute atomic E-state index is 0.975. The SMILES string of the molecule is Cc1ccc(N=Cc2ccn(-c3ccccc3)c2)cc1. The van der Waals surface area contributed by atoms with Crippen LogP contribution in [0.25, 0.3) is 5.69 Å². The molecule has 0 fully saturated rings. The molecule has 0 bridgehead atoms. The van der Waals surface area contributed by atoms with Gasteiger partial charge in [-0.05, 0) is 37.3 Å². The van der Waals surface area contributed by atoms with E-state index < -0.39 is 0 Å². The van der Waals surface area contributed by atoms with E-state index in [-0.39, 0.29) is 0 Å². The van der Waals surface area contributed by atoms with E-state index in [2.05, 4.69) is 53.0 Å². The molecule has 3 aromatic rings. The van der Waals surface area contributed by atoms with E-state index in [0.29, 0.717) is 0 Å². The van der Waals surface area contributed by atoms with Crippen LogP contribution in [0.4, 0.5) is 5.69 Å². The number of aryl methyl sites for hydroxylation is 1. The van der Waals surface area contributed by atoms with Gasteiger partial charge < -0.3 is 4.57 Å². The standard InChI is InChI=1S/C18H16N2/c1-15-7-9-17(10-8-15)19-13-16-11-12-20(14-16)18-5-3-2-4-6-18/h2-14H,1H3. The molecule has 98 valence electrons. The van der Waals surface area contributed by atoms with E-state index >= 15 is 0 Å². The predicted octanol–water partition coefficient (Wildman–Crippen LogP) is 4.54. The zero-order chi connectivity index (χ0) is 13.8. The summed E-state index contributed by atoms with van der Waals surface area (Å²) in [7, 11) is 0. The predicted molar refractivity (Wildman–Crippen MR) is 84.2 cm³/mol. The Morgan fingerprint density at radius 3 is 2.40 bits per heavy atom. The molecule has 0 saturated carbocycles. The maximum atomic E-state index is 4.49. The molecule has 2 heteroatoms. The molecule has 0 N–H and O–H groups in total. The molecule has 20 heavy (non-hydrogen) atoms. The summed E-state index contributed by atoms with van der Waals surface area (Å²) >= 11 is 0. The quantitative estimate of drug-likeness (QED) is 0.615. The molecule has 3 rings (SSSR count). The Bertz CT molecular complexity index is 707. The zero-order valence-corrected chi connectivity index (χ0v) is 11.4. The lowest BCUT2D eigenvalue weighted by atomic mass is 10.2. The Kier molecular flexibility index (Phi) is 3.46. The first kappa shape index (κ1) is 12.4. The normalized spacial score (nSPS) is 11.1. The third-order valence-electron chi connectivity index (χ3n) is 3.17. The lowest BCUT2D eigenvalue weighted by molar-refractivity contribution is 1.08. The van der Waals surface area contributed by atoms with E-state index in [9.17, 15) is 0 Å². The number of aliphatic imine (C=N–C) groups is 1. The van der Waals surface area contributed by atoms with E-state index in [0.717, 1.165) is 16.9 Å². The van der Waals surface area contributed by atoms with Gasteiger partial charge in [-0.15, -0.1) is 0 Å². The van der Waals surface area contributed by atoms with Crippen molar-refractivity contribution in [3.8, 4) is 5.69 Å². The van der Waals surface area contributed by atoms with Crippen molar-refractivity contribution in [2.45, 2.75) is 6.92 Å². The van der Waals surface area contributed by atoms with E-state index in [4.69, 9.17) is 0 Å². The summed E-state index contributed by atoms with van der Waals surface area (Å²) in [6.45, 7) is 2.08. The Balaban J connectivity index is 1.79. The van der Waals surface area contributed by atoms with Gasteiger partial charge in [0.2, 0.25) is 0 Å². The van der Waals surface area contributed by atoms with Gasteiger partial charge in [0.15, 0.2) is 0 Å². The average Bonchev–Trinajstić information content (AvgIpc) is 2.97. The Morgan fingerprint density at radius 2 is 1.65 bits per heavy atom. The maximum Gasteiger partial charge on any atom is 0.0630 e. The van der Waals surface area contributed by atoms with E-state index in [1.165, 1.54) is 5.56 Å². The topological polar surface area (TPSA) is 17.3 Å². The Labute approximate surface area is 119 Å². The van der Waals surface area contributed by atoms with Gasteiger partial charge in [0.25, 0.3) is 0 Å². The summed E-state index contributed by atoms with van der Waals surface area (Å²) in [5, 5.41) is 0. The molecular weight excluding hydrogens is 244 g/mol. The first-order valence-electron chi connectivity index (χ1n) is 6.65. The van der Waals surface area contributed by atoms with E-state index in [1.807, 2.05) is 42.7 Å². The molecule has 2 nitrogen and oxygen atoms in total. The summed E-state index contributed by atoms with van der Waals surface area (Å²) in [5.74, 6) is 0. The smallest absolute Gasteiger partial charge is 0.0630 e. The van der Waals surface area contributed by atoms with Crippen LogP contribution >= 0.6 is 0 Å². The van der Waals surface area contributed by atoms with Gasteiger partial charge in [0.05, 0.1) is 5.69 Å². The fraction of sp³-hybridized carbons (Fsp3) is 0.0556. The number of para-hydroxylation sites is 1. The van der Waals surface area contributed by atoms with Gasteiger partial charge in [-0.25, -0.2) is 0 Å². The van der Waals surface area contributed by atoms with Gasteiger partial charge in [-0.1, -0.05) is 35.9 Å². The summed E-state index contributed by atoms with van der Waals surface area (Å²) < 4.78 is 2.09. The molecule has 0 aliphatic carbocycles. The van der Waals surface area contributed by atoms with Crippen molar-refractivity contribution in [3.63, 3.8) is 0 Å². The molecule has 0 saturated heterocycles. The highest BCUT2D eigenvalue weighted by Gasteiger charge is 1.96. The summed E-state index contributed by atoms with van der Waals surface area (Å²) in [6, 6.07) is 20.5. The van der Waals surface area contributed by atoms with Crippen LogP contribution in [0.1, 0.15) is 11.1 Å². The van der Waals surface area contributed by atoms with Crippen LogP contribution in [-0.4, -0.2) is 10.8 Å². The molecule has 0 spiro atoms. The molecule has 0 unspecified atom stereocenters. The van der Waals surface area contributed by atoms with Gasteiger partial charge in [-0.3, -0.25) is 4.99 Å². The number of rotatable bonds is 3. The van der Waals surface area contributed by atoms with Crippen LogP contribution in [0.15, 0.2) is 78.0 Å². The van der Waals surface area contributed by atoms with Crippen LogP contribution in [0.3, 0.4) is 0 Å². The molecule has 0 radical (unpaired) electrons. The number of benzene rings is 2. The first-order chi connectivity index (χ1) is 9.81. The molecule has 0 aliphatic rings. The molecule has 2 aromatic carbocycles. The number of nitrogens with zero attached hydrogens (tertiary/aromatic N) is 2. The monoisotopic (exact) mass is 260 g/mol. The highest BCUT2D eigenvalue weighted by atomic mass is 14.9. The molecule has 0 aliphatic heterocycles. The zero-order valence-electron chi connectivity index (χ0n) is 11.4. The second kappa shape index (κ2) is 5.57. The lowest BCUT2D eigenvalue weighted by Gasteiger charge is -2.00. The highest BCUT2D eigenvalue weighted by molar-refractivity contribution is 5.81. The fourth-order valence-electron chi connectivity index (χ4n) is 2.03. The van der Waals surface area contributed by atoms with Gasteiger partial charge >= 0.3 is 0 Å². The molecule has 0 atom stereocenters. The van der Waals surface area contributed by atoms with Crippen LogP contribution in [0.2, 0.25) is 0 Å². The van der Waals surface area contributed by atoms with Crippen molar-refractivity contribution in [3.05, 3.63) is 84.2 Å². The molecular formula is C18H16N2. The van der Waals surface area contributed by atoms with Crippen molar-refractivity contribution < 1.29 is 0 Å². The second-order valence-corrected chi connectivity index (χ2v) is 4.78. The first-order valence-corrected chi connectivity index (χ1v) is 6.65. The number of hydrogen-bond acceptors (Lipinski definition) is 1. The van der Waals surface area contributed by atoms with Gasteiger partial charge in [0, 0.05) is 29.9 Å². The largest absolute Gasteiger partial charge is 0.323 e. The third kappa shape index (κ3) is 2.86. The van der Waals surface area contributed by atoms with Crippen LogP contribution < -0.4 is 0 Å². The molecule has 1 heterocycles. The second-order valence-electron chi connectivity index (χ2n) is 4.78. The van der Waals surface area contributed by atoms with Gasteiger partial charge in [-0.2, -0.15) is 0 Å². The highest BCUT2D eigenvalue weighted by Crippen LogP contribution is 2.13. The minimum atomic E-state index is 0.975. The van der Waals surface area contributed by atoms with Crippen LogP contribution in [-0.2, 0) is 0 Å². The van der Waals surface area contributed by atoms with E-state index in [1.54, 1.807) is 0 Å². The third-order valence-corrected chi connectivity index (χ3v) is 3.17. The lowest BCUT2D eigenvalue weighted by Crippen LogP contribution is -1.88. The number of hydrogen-bond donors (Lipinski definition) is 0.